The van der Waals surface area contributed by atoms with Crippen LogP contribution in [0.1, 0.15) is 50.6 Å². The summed E-state index contributed by atoms with van der Waals surface area (Å²) in [6.07, 6.45) is 5.36. The van der Waals surface area contributed by atoms with Crippen molar-refractivity contribution in [3.63, 3.8) is 0 Å². The first-order valence-electron chi connectivity index (χ1n) is 7.61. The van der Waals surface area contributed by atoms with Gasteiger partial charge in [0.15, 0.2) is 11.6 Å². The molecule has 1 aromatic carbocycles. The third-order valence-corrected chi connectivity index (χ3v) is 4.24. The number of rotatable bonds is 6. The van der Waals surface area contributed by atoms with Gasteiger partial charge in [-0.05, 0) is 56.3 Å². The summed E-state index contributed by atoms with van der Waals surface area (Å²) in [5, 5.41) is 3.56. The van der Waals surface area contributed by atoms with Gasteiger partial charge in [-0.25, -0.2) is 8.78 Å². The molecule has 1 heterocycles. The number of benzene rings is 1. The molecule has 1 N–H and O–H groups in total. The lowest BCUT2D eigenvalue weighted by atomic mass is 9.97. The smallest absolute Gasteiger partial charge is 0.160 e. The zero-order valence-electron chi connectivity index (χ0n) is 12.3. The van der Waals surface area contributed by atoms with E-state index in [1.54, 1.807) is 0 Å². The van der Waals surface area contributed by atoms with E-state index in [0.717, 1.165) is 44.9 Å². The number of ether oxygens (including phenoxy) is 1. The fourth-order valence-electron chi connectivity index (χ4n) is 2.81. The molecule has 2 unspecified atom stereocenters. The lowest BCUT2D eigenvalue weighted by Crippen LogP contribution is -2.25. The average Bonchev–Trinajstić information content (AvgIpc) is 2.48. The SMILES string of the molecule is CCNC(CCC1CCCCO1)c1cc(F)c(F)cc1Cl. The molecule has 5 heteroatoms. The minimum atomic E-state index is -0.908. The van der Waals surface area contributed by atoms with Crippen molar-refractivity contribution in [1.29, 1.82) is 0 Å². The largest absolute Gasteiger partial charge is 0.378 e. The van der Waals surface area contributed by atoms with Gasteiger partial charge >= 0.3 is 0 Å². The summed E-state index contributed by atoms with van der Waals surface area (Å²) in [5.41, 5.74) is 0.619. The van der Waals surface area contributed by atoms with Gasteiger partial charge in [0, 0.05) is 17.7 Å². The van der Waals surface area contributed by atoms with E-state index in [1.165, 1.54) is 12.5 Å². The number of hydrogen-bond acceptors (Lipinski definition) is 2. The molecule has 0 aliphatic carbocycles. The van der Waals surface area contributed by atoms with Crippen molar-refractivity contribution in [2.75, 3.05) is 13.2 Å². The van der Waals surface area contributed by atoms with Crippen molar-refractivity contribution in [2.24, 2.45) is 0 Å². The van der Waals surface area contributed by atoms with Crippen LogP contribution in [0.3, 0.4) is 0 Å². The van der Waals surface area contributed by atoms with Crippen molar-refractivity contribution in [2.45, 2.75) is 51.2 Å². The molecule has 1 saturated heterocycles. The Balaban J connectivity index is 2.05. The van der Waals surface area contributed by atoms with Crippen molar-refractivity contribution < 1.29 is 13.5 Å². The molecule has 1 aliphatic heterocycles. The fraction of sp³-hybridized carbons (Fsp3) is 0.625. The van der Waals surface area contributed by atoms with E-state index >= 15 is 0 Å². The van der Waals surface area contributed by atoms with Crippen molar-refractivity contribution in [1.82, 2.24) is 5.32 Å². The molecule has 0 radical (unpaired) electrons. The van der Waals surface area contributed by atoms with Crippen LogP contribution in [0.25, 0.3) is 0 Å². The van der Waals surface area contributed by atoms with E-state index in [9.17, 15) is 8.78 Å². The monoisotopic (exact) mass is 317 g/mol. The summed E-state index contributed by atoms with van der Waals surface area (Å²) in [5.74, 6) is -1.76. The first-order chi connectivity index (χ1) is 10.1. The first-order valence-corrected chi connectivity index (χ1v) is 7.99. The Morgan fingerprint density at radius 1 is 1.33 bits per heavy atom. The maximum atomic E-state index is 13.5. The highest BCUT2D eigenvalue weighted by atomic mass is 35.5. The van der Waals surface area contributed by atoms with Gasteiger partial charge in [-0.2, -0.15) is 0 Å². The van der Waals surface area contributed by atoms with Crippen molar-refractivity contribution in [3.8, 4) is 0 Å². The molecule has 0 amide bonds. The number of halogens is 3. The molecule has 0 saturated carbocycles. The molecule has 2 nitrogen and oxygen atoms in total. The Bertz CT molecular complexity index is 464. The van der Waals surface area contributed by atoms with Crippen molar-refractivity contribution in [3.05, 3.63) is 34.4 Å². The molecular weight excluding hydrogens is 296 g/mol. The topological polar surface area (TPSA) is 21.3 Å². The third kappa shape index (κ3) is 4.63. The molecule has 118 valence electrons. The Labute approximate surface area is 129 Å². The predicted molar refractivity (Wildman–Crippen MR) is 80.6 cm³/mol. The number of hydrogen-bond donors (Lipinski definition) is 1. The average molecular weight is 318 g/mol. The first kappa shape index (κ1) is 16.7. The Morgan fingerprint density at radius 2 is 2.10 bits per heavy atom. The predicted octanol–water partition coefficient (Wildman–Crippen LogP) is 4.62. The highest BCUT2D eigenvalue weighted by Gasteiger charge is 2.20. The van der Waals surface area contributed by atoms with Gasteiger partial charge in [-0.1, -0.05) is 18.5 Å². The molecular formula is C16H22ClF2NO. The summed E-state index contributed by atoms with van der Waals surface area (Å²) in [4.78, 5) is 0. The summed E-state index contributed by atoms with van der Waals surface area (Å²) in [6.45, 7) is 3.55. The third-order valence-electron chi connectivity index (χ3n) is 3.92. The fourth-order valence-corrected chi connectivity index (χ4v) is 3.09. The van der Waals surface area contributed by atoms with E-state index in [1.807, 2.05) is 6.92 Å². The molecule has 21 heavy (non-hydrogen) atoms. The molecule has 0 aromatic heterocycles. The van der Waals surface area contributed by atoms with Crippen LogP contribution < -0.4 is 5.32 Å². The zero-order valence-corrected chi connectivity index (χ0v) is 13.1. The standard InChI is InChI=1S/C16H22ClF2NO/c1-2-20-16(7-6-11-5-3-4-8-21-11)12-9-14(18)15(19)10-13(12)17/h9-11,16,20H,2-8H2,1H3. The van der Waals surface area contributed by atoms with Gasteiger partial charge in [0.2, 0.25) is 0 Å². The normalized spacial score (nSPS) is 20.5. The molecule has 2 rings (SSSR count). The molecule has 0 spiro atoms. The zero-order chi connectivity index (χ0) is 15.2. The second-order valence-corrected chi connectivity index (χ2v) is 5.87. The van der Waals surface area contributed by atoms with Gasteiger partial charge in [-0.3, -0.25) is 0 Å². The van der Waals surface area contributed by atoms with Crippen LogP contribution in [0.15, 0.2) is 12.1 Å². The van der Waals surface area contributed by atoms with Gasteiger partial charge in [0.1, 0.15) is 0 Å². The van der Waals surface area contributed by atoms with Crippen LogP contribution in [0.5, 0.6) is 0 Å². The molecule has 1 aromatic rings. The molecule has 2 atom stereocenters. The van der Waals surface area contributed by atoms with E-state index < -0.39 is 11.6 Å². The lowest BCUT2D eigenvalue weighted by Gasteiger charge is -2.26. The maximum absolute atomic E-state index is 13.5. The van der Waals surface area contributed by atoms with Crippen LogP contribution in [0, 0.1) is 11.6 Å². The highest BCUT2D eigenvalue weighted by Crippen LogP contribution is 2.30. The summed E-state index contributed by atoms with van der Waals surface area (Å²) in [7, 11) is 0. The van der Waals surface area contributed by atoms with E-state index in [-0.39, 0.29) is 17.2 Å². The molecule has 0 bridgehead atoms. The maximum Gasteiger partial charge on any atom is 0.160 e. The molecule has 1 aliphatic rings. The minimum absolute atomic E-state index is 0.0804. The van der Waals surface area contributed by atoms with E-state index in [4.69, 9.17) is 16.3 Å². The second-order valence-electron chi connectivity index (χ2n) is 5.46. The van der Waals surface area contributed by atoms with Crippen molar-refractivity contribution >= 4 is 11.6 Å². The summed E-state index contributed by atoms with van der Waals surface area (Å²) in [6, 6.07) is 2.17. The van der Waals surface area contributed by atoms with Crippen LogP contribution in [0.4, 0.5) is 8.78 Å². The Hall–Kier alpha value is -0.710. The van der Waals surface area contributed by atoms with Crippen LogP contribution in [0.2, 0.25) is 5.02 Å². The van der Waals surface area contributed by atoms with Crippen LogP contribution >= 0.6 is 11.6 Å². The Kier molecular flexibility index (Phi) is 6.40. The second kappa shape index (κ2) is 8.06. The van der Waals surface area contributed by atoms with Gasteiger partial charge in [-0.15, -0.1) is 0 Å². The van der Waals surface area contributed by atoms with Crippen LogP contribution in [-0.4, -0.2) is 19.3 Å². The highest BCUT2D eigenvalue weighted by molar-refractivity contribution is 6.31. The van der Waals surface area contributed by atoms with Gasteiger partial charge < -0.3 is 10.1 Å². The quantitative estimate of drug-likeness (QED) is 0.773. The van der Waals surface area contributed by atoms with Crippen LogP contribution in [-0.2, 0) is 4.74 Å². The van der Waals surface area contributed by atoms with Gasteiger partial charge in [0.25, 0.3) is 0 Å². The van der Waals surface area contributed by atoms with E-state index in [0.29, 0.717) is 5.56 Å². The van der Waals surface area contributed by atoms with Gasteiger partial charge in [0.05, 0.1) is 6.10 Å². The summed E-state index contributed by atoms with van der Waals surface area (Å²) < 4.78 is 32.4. The number of nitrogens with one attached hydrogen (secondary N) is 1. The molecule has 1 fully saturated rings. The lowest BCUT2D eigenvalue weighted by molar-refractivity contribution is 0.00856. The Morgan fingerprint density at radius 3 is 2.76 bits per heavy atom. The summed E-state index contributed by atoms with van der Waals surface area (Å²) >= 11 is 6.08. The van der Waals surface area contributed by atoms with E-state index in [2.05, 4.69) is 5.32 Å². The minimum Gasteiger partial charge on any atom is -0.378 e.